The maximum absolute atomic E-state index is 13.3. The number of anilines is 1. The van der Waals surface area contributed by atoms with E-state index in [1.807, 2.05) is 24.3 Å². The number of ether oxygens (including phenoxy) is 2. The summed E-state index contributed by atoms with van der Waals surface area (Å²) in [6, 6.07) is 12.9. The van der Waals surface area contributed by atoms with Gasteiger partial charge in [-0.1, -0.05) is 18.5 Å². The quantitative estimate of drug-likeness (QED) is 0.417. The molecule has 32 heavy (non-hydrogen) atoms. The van der Waals surface area contributed by atoms with Gasteiger partial charge in [0, 0.05) is 16.8 Å². The SMILES string of the molecule is COc1ccc(C=Nc2sc3c(c2C(=O)Nc2ccc(OC)c(Cl)c2)CCC(C)C3)cc1. The molecule has 7 heteroatoms. The summed E-state index contributed by atoms with van der Waals surface area (Å²) in [7, 11) is 3.20. The lowest BCUT2D eigenvalue weighted by Gasteiger charge is -2.18. The topological polar surface area (TPSA) is 59.9 Å². The largest absolute Gasteiger partial charge is 0.497 e. The molecule has 0 fully saturated rings. The lowest BCUT2D eigenvalue weighted by Crippen LogP contribution is -2.16. The summed E-state index contributed by atoms with van der Waals surface area (Å²) in [5, 5.41) is 4.17. The minimum atomic E-state index is -0.167. The first-order chi connectivity index (χ1) is 15.5. The molecule has 1 atom stereocenters. The van der Waals surface area contributed by atoms with Crippen LogP contribution in [0.3, 0.4) is 0 Å². The third kappa shape index (κ3) is 4.81. The lowest BCUT2D eigenvalue weighted by molar-refractivity contribution is 0.102. The van der Waals surface area contributed by atoms with Crippen LogP contribution in [0.4, 0.5) is 10.7 Å². The number of fused-ring (bicyclic) bond motifs is 1. The Morgan fingerprint density at radius 3 is 2.66 bits per heavy atom. The summed E-state index contributed by atoms with van der Waals surface area (Å²) >= 11 is 7.84. The Labute approximate surface area is 197 Å². The number of thiophene rings is 1. The molecule has 0 radical (unpaired) electrons. The van der Waals surface area contributed by atoms with Crippen molar-refractivity contribution in [3.8, 4) is 11.5 Å². The fourth-order valence-corrected chi connectivity index (χ4v) is 5.43. The average molecular weight is 469 g/mol. The van der Waals surface area contributed by atoms with E-state index in [0.717, 1.165) is 41.1 Å². The number of rotatable bonds is 6. The van der Waals surface area contributed by atoms with Crippen molar-refractivity contribution in [1.82, 2.24) is 0 Å². The summed E-state index contributed by atoms with van der Waals surface area (Å²) in [4.78, 5) is 19.3. The van der Waals surface area contributed by atoms with Gasteiger partial charge < -0.3 is 14.8 Å². The zero-order valence-electron chi connectivity index (χ0n) is 18.3. The molecule has 3 aromatic rings. The fraction of sp³-hybridized carbons (Fsp3) is 0.280. The molecule has 1 N–H and O–H groups in total. The normalized spacial score (nSPS) is 15.4. The summed E-state index contributed by atoms with van der Waals surface area (Å²) in [5.74, 6) is 1.80. The molecule has 0 saturated carbocycles. The van der Waals surface area contributed by atoms with Crippen LogP contribution >= 0.6 is 22.9 Å². The van der Waals surface area contributed by atoms with E-state index in [9.17, 15) is 4.79 Å². The van der Waals surface area contributed by atoms with E-state index in [1.165, 1.54) is 4.88 Å². The van der Waals surface area contributed by atoms with Crippen molar-refractivity contribution in [3.05, 3.63) is 69.1 Å². The number of carbonyl (C=O) groups is 1. The number of hydrogen-bond donors (Lipinski definition) is 1. The van der Waals surface area contributed by atoms with Crippen LogP contribution in [0.1, 0.15) is 39.7 Å². The number of nitrogens with one attached hydrogen (secondary N) is 1. The van der Waals surface area contributed by atoms with E-state index in [1.54, 1.807) is 50.0 Å². The first-order valence-corrected chi connectivity index (χ1v) is 11.7. The zero-order chi connectivity index (χ0) is 22.7. The van der Waals surface area contributed by atoms with Gasteiger partial charge in [0.1, 0.15) is 16.5 Å². The third-order valence-corrected chi connectivity index (χ3v) is 7.03. The first-order valence-electron chi connectivity index (χ1n) is 10.5. The van der Waals surface area contributed by atoms with Crippen molar-refractivity contribution in [1.29, 1.82) is 0 Å². The highest BCUT2D eigenvalue weighted by molar-refractivity contribution is 7.16. The molecule has 1 aromatic heterocycles. The van der Waals surface area contributed by atoms with Crippen LogP contribution in [-0.4, -0.2) is 26.3 Å². The molecule has 0 saturated heterocycles. The number of amides is 1. The molecule has 1 amide bonds. The van der Waals surface area contributed by atoms with E-state index >= 15 is 0 Å². The molecule has 4 rings (SSSR count). The molecular formula is C25H25ClN2O3S. The van der Waals surface area contributed by atoms with Gasteiger partial charge >= 0.3 is 0 Å². The molecule has 1 aliphatic carbocycles. The van der Waals surface area contributed by atoms with E-state index < -0.39 is 0 Å². The van der Waals surface area contributed by atoms with Crippen molar-refractivity contribution >= 4 is 45.7 Å². The Morgan fingerprint density at radius 2 is 1.97 bits per heavy atom. The number of methoxy groups -OCH3 is 2. The van der Waals surface area contributed by atoms with E-state index in [0.29, 0.717) is 27.9 Å². The van der Waals surface area contributed by atoms with Crippen molar-refractivity contribution < 1.29 is 14.3 Å². The predicted octanol–water partition coefficient (Wildman–Crippen LogP) is 6.55. The van der Waals surface area contributed by atoms with E-state index in [2.05, 4.69) is 12.2 Å². The average Bonchev–Trinajstić information content (AvgIpc) is 3.15. The second-order valence-electron chi connectivity index (χ2n) is 7.87. The molecule has 0 aliphatic heterocycles. The van der Waals surface area contributed by atoms with Crippen LogP contribution in [0.25, 0.3) is 0 Å². The van der Waals surface area contributed by atoms with E-state index in [-0.39, 0.29) is 5.91 Å². The standard InChI is InChI=1S/C25H25ClN2O3S/c1-15-4-10-19-22(12-15)32-25(27-14-16-5-8-18(30-2)9-6-16)23(19)24(29)28-17-7-11-21(31-3)20(26)13-17/h5-9,11,13-15H,4,10,12H2,1-3H3,(H,28,29). The van der Waals surface area contributed by atoms with Crippen LogP contribution in [0.15, 0.2) is 47.5 Å². The van der Waals surface area contributed by atoms with Crippen LogP contribution in [0.2, 0.25) is 5.02 Å². The highest BCUT2D eigenvalue weighted by Gasteiger charge is 2.27. The lowest BCUT2D eigenvalue weighted by atomic mass is 9.88. The molecule has 0 bridgehead atoms. The second kappa shape index (κ2) is 9.76. The van der Waals surface area contributed by atoms with Gasteiger partial charge in [-0.3, -0.25) is 4.79 Å². The fourth-order valence-electron chi connectivity index (χ4n) is 3.82. The van der Waals surface area contributed by atoms with Gasteiger partial charge in [0.2, 0.25) is 0 Å². The van der Waals surface area contributed by atoms with Crippen LogP contribution in [-0.2, 0) is 12.8 Å². The summed E-state index contributed by atoms with van der Waals surface area (Å²) in [6.45, 7) is 2.25. The Balaban J connectivity index is 1.65. The number of benzene rings is 2. The highest BCUT2D eigenvalue weighted by atomic mass is 35.5. The van der Waals surface area contributed by atoms with Crippen LogP contribution in [0.5, 0.6) is 11.5 Å². The van der Waals surface area contributed by atoms with Gasteiger partial charge in [-0.05, 0) is 78.8 Å². The molecule has 2 aromatic carbocycles. The van der Waals surface area contributed by atoms with Crippen molar-refractivity contribution in [2.24, 2.45) is 10.9 Å². The molecular weight excluding hydrogens is 444 g/mol. The molecule has 1 unspecified atom stereocenters. The third-order valence-electron chi connectivity index (χ3n) is 5.58. The number of aliphatic imine (C=N–C) groups is 1. The van der Waals surface area contributed by atoms with Gasteiger partial charge in [0.25, 0.3) is 5.91 Å². The second-order valence-corrected chi connectivity index (χ2v) is 9.36. The Morgan fingerprint density at radius 1 is 1.19 bits per heavy atom. The summed E-state index contributed by atoms with van der Waals surface area (Å²) in [5.41, 5.74) is 3.34. The molecule has 1 aliphatic rings. The number of hydrogen-bond acceptors (Lipinski definition) is 5. The number of nitrogens with zero attached hydrogens (tertiary/aromatic N) is 1. The Hall–Kier alpha value is -2.83. The summed E-state index contributed by atoms with van der Waals surface area (Å²) in [6.07, 6.45) is 4.73. The van der Waals surface area contributed by atoms with E-state index in [4.69, 9.17) is 26.1 Å². The minimum Gasteiger partial charge on any atom is -0.497 e. The minimum absolute atomic E-state index is 0.167. The van der Waals surface area contributed by atoms with Crippen LogP contribution < -0.4 is 14.8 Å². The molecule has 5 nitrogen and oxygen atoms in total. The zero-order valence-corrected chi connectivity index (χ0v) is 19.8. The highest BCUT2D eigenvalue weighted by Crippen LogP contribution is 2.41. The maximum Gasteiger partial charge on any atom is 0.259 e. The molecule has 166 valence electrons. The number of halogens is 1. The van der Waals surface area contributed by atoms with Gasteiger partial charge in [-0.15, -0.1) is 11.3 Å². The van der Waals surface area contributed by atoms with Crippen molar-refractivity contribution in [3.63, 3.8) is 0 Å². The first kappa shape index (κ1) is 22.4. The Kier molecular flexibility index (Phi) is 6.82. The van der Waals surface area contributed by atoms with Crippen molar-refractivity contribution in [2.45, 2.75) is 26.2 Å². The monoisotopic (exact) mass is 468 g/mol. The molecule has 1 heterocycles. The maximum atomic E-state index is 13.3. The smallest absolute Gasteiger partial charge is 0.259 e. The van der Waals surface area contributed by atoms with Crippen LogP contribution in [0, 0.1) is 5.92 Å². The van der Waals surface area contributed by atoms with Gasteiger partial charge in [0.15, 0.2) is 0 Å². The van der Waals surface area contributed by atoms with Crippen molar-refractivity contribution in [2.75, 3.05) is 19.5 Å². The van der Waals surface area contributed by atoms with Gasteiger partial charge in [0.05, 0.1) is 24.8 Å². The Bertz CT molecular complexity index is 1150. The number of carbonyl (C=O) groups excluding carboxylic acids is 1. The predicted molar refractivity (Wildman–Crippen MR) is 132 cm³/mol. The van der Waals surface area contributed by atoms with Gasteiger partial charge in [-0.25, -0.2) is 4.99 Å². The summed E-state index contributed by atoms with van der Waals surface area (Å²) < 4.78 is 10.4. The van der Waals surface area contributed by atoms with Gasteiger partial charge in [-0.2, -0.15) is 0 Å². The molecule has 0 spiro atoms.